The van der Waals surface area contributed by atoms with Crippen molar-refractivity contribution in [2.24, 2.45) is 5.92 Å². The molecule has 1 atom stereocenters. The van der Waals surface area contributed by atoms with Crippen LogP contribution in [-0.2, 0) is 9.53 Å². The molecule has 17 heavy (non-hydrogen) atoms. The Morgan fingerprint density at radius 3 is 2.65 bits per heavy atom. The maximum Gasteiger partial charge on any atom is 0.293 e. The lowest BCUT2D eigenvalue weighted by molar-refractivity contribution is -0.143. The van der Waals surface area contributed by atoms with Gasteiger partial charge in [0.15, 0.2) is 0 Å². The molecule has 3 nitrogen and oxygen atoms in total. The first kappa shape index (κ1) is 14.5. The fourth-order valence-electron chi connectivity index (χ4n) is 2.82. The second kappa shape index (κ2) is 7.70. The van der Waals surface area contributed by atoms with Crippen molar-refractivity contribution in [3.63, 3.8) is 0 Å². The molecule has 3 heteroatoms. The third-order valence-electron chi connectivity index (χ3n) is 3.89. The van der Waals surface area contributed by atoms with Crippen molar-refractivity contribution in [2.45, 2.75) is 64.4 Å². The molecule has 0 bridgehead atoms. The van der Waals surface area contributed by atoms with Crippen LogP contribution in [0.25, 0.3) is 0 Å². The highest BCUT2D eigenvalue weighted by molar-refractivity contribution is 5.38. The van der Waals surface area contributed by atoms with Gasteiger partial charge in [-0.2, -0.15) is 0 Å². The minimum atomic E-state index is -0.233. The number of nitrogens with one attached hydrogen (secondary N) is 1. The van der Waals surface area contributed by atoms with Crippen LogP contribution in [-0.4, -0.2) is 25.2 Å². The monoisotopic (exact) mass is 241 g/mol. The van der Waals surface area contributed by atoms with E-state index in [0.29, 0.717) is 6.47 Å². The van der Waals surface area contributed by atoms with Gasteiger partial charge in [0.1, 0.15) is 5.60 Å². The molecule has 0 amide bonds. The van der Waals surface area contributed by atoms with E-state index in [-0.39, 0.29) is 5.60 Å². The van der Waals surface area contributed by atoms with Gasteiger partial charge in [0.25, 0.3) is 6.47 Å². The Balaban J connectivity index is 2.23. The second-order valence-corrected chi connectivity index (χ2v) is 5.50. The van der Waals surface area contributed by atoms with E-state index in [1.54, 1.807) is 0 Å². The van der Waals surface area contributed by atoms with E-state index in [4.69, 9.17) is 4.74 Å². The smallest absolute Gasteiger partial charge is 0.293 e. The van der Waals surface area contributed by atoms with Crippen LogP contribution >= 0.6 is 0 Å². The first-order chi connectivity index (χ1) is 8.20. The molecular weight excluding hydrogens is 214 g/mol. The van der Waals surface area contributed by atoms with E-state index in [1.165, 1.54) is 38.8 Å². The highest BCUT2D eigenvalue weighted by Crippen LogP contribution is 2.26. The fourth-order valence-corrected chi connectivity index (χ4v) is 2.82. The fraction of sp³-hybridized carbons (Fsp3) is 0.929. The van der Waals surface area contributed by atoms with Crippen LogP contribution in [0.1, 0.15) is 58.8 Å². The number of hydrogen-bond acceptors (Lipinski definition) is 3. The Morgan fingerprint density at radius 1 is 1.35 bits per heavy atom. The zero-order valence-electron chi connectivity index (χ0n) is 11.3. The zero-order valence-corrected chi connectivity index (χ0v) is 11.3. The van der Waals surface area contributed by atoms with Crippen LogP contribution in [0.15, 0.2) is 0 Å². The van der Waals surface area contributed by atoms with Crippen molar-refractivity contribution in [2.75, 3.05) is 13.1 Å². The number of carbonyl (C=O) groups is 1. The van der Waals surface area contributed by atoms with E-state index in [2.05, 4.69) is 19.2 Å². The summed E-state index contributed by atoms with van der Waals surface area (Å²) in [4.78, 5) is 10.5. The van der Waals surface area contributed by atoms with E-state index in [0.717, 1.165) is 25.2 Å². The van der Waals surface area contributed by atoms with Gasteiger partial charge in [0, 0.05) is 0 Å². The molecule has 1 heterocycles. The van der Waals surface area contributed by atoms with Gasteiger partial charge in [-0.1, -0.05) is 19.8 Å². The third kappa shape index (κ3) is 5.53. The normalized spacial score (nSPS) is 20.8. The lowest BCUT2D eigenvalue weighted by Gasteiger charge is -2.29. The van der Waals surface area contributed by atoms with Gasteiger partial charge < -0.3 is 10.1 Å². The topological polar surface area (TPSA) is 38.3 Å². The van der Waals surface area contributed by atoms with E-state index in [9.17, 15) is 4.79 Å². The average Bonchev–Trinajstić information content (AvgIpc) is 2.31. The van der Waals surface area contributed by atoms with Gasteiger partial charge in [0.2, 0.25) is 0 Å². The number of ether oxygens (including phenoxy) is 1. The van der Waals surface area contributed by atoms with E-state index in [1.807, 2.05) is 0 Å². The highest BCUT2D eigenvalue weighted by atomic mass is 16.5. The molecule has 0 spiro atoms. The van der Waals surface area contributed by atoms with Gasteiger partial charge in [-0.05, 0) is 58.0 Å². The lowest BCUT2D eigenvalue weighted by atomic mass is 9.88. The molecule has 0 aromatic heterocycles. The first-order valence-corrected chi connectivity index (χ1v) is 7.02. The predicted molar refractivity (Wildman–Crippen MR) is 69.9 cm³/mol. The standard InChI is InChI=1S/C14H27NO2/c1-3-8-14(2,17-12-16)9-4-5-13-6-10-15-11-7-13/h12-13,15H,3-11H2,1-2H3. The van der Waals surface area contributed by atoms with Gasteiger partial charge in [-0.15, -0.1) is 0 Å². The molecule has 1 unspecified atom stereocenters. The number of hydrogen-bond donors (Lipinski definition) is 1. The molecule has 0 aromatic rings. The molecule has 0 radical (unpaired) electrons. The molecule has 1 aliphatic rings. The highest BCUT2D eigenvalue weighted by Gasteiger charge is 2.24. The zero-order chi connectivity index (χ0) is 12.6. The Bertz CT molecular complexity index is 214. The summed E-state index contributed by atoms with van der Waals surface area (Å²) in [5.74, 6) is 0.873. The first-order valence-electron chi connectivity index (χ1n) is 7.02. The lowest BCUT2D eigenvalue weighted by Crippen LogP contribution is -2.30. The Hall–Kier alpha value is -0.570. The van der Waals surface area contributed by atoms with Crippen LogP contribution in [0.2, 0.25) is 0 Å². The average molecular weight is 241 g/mol. The van der Waals surface area contributed by atoms with Gasteiger partial charge in [0.05, 0.1) is 0 Å². The molecule has 0 saturated carbocycles. The van der Waals surface area contributed by atoms with Crippen molar-refractivity contribution in [3.8, 4) is 0 Å². The molecule has 1 N–H and O–H groups in total. The van der Waals surface area contributed by atoms with Crippen molar-refractivity contribution in [3.05, 3.63) is 0 Å². The molecule has 0 aliphatic carbocycles. The Labute approximate surface area is 105 Å². The van der Waals surface area contributed by atoms with E-state index < -0.39 is 0 Å². The largest absolute Gasteiger partial charge is 0.462 e. The van der Waals surface area contributed by atoms with Gasteiger partial charge in [-0.25, -0.2) is 0 Å². The maximum atomic E-state index is 10.5. The van der Waals surface area contributed by atoms with Crippen LogP contribution in [0, 0.1) is 5.92 Å². The summed E-state index contributed by atoms with van der Waals surface area (Å²) in [5.41, 5.74) is -0.233. The van der Waals surface area contributed by atoms with Gasteiger partial charge in [-0.3, -0.25) is 4.79 Å². The SMILES string of the molecule is CCCC(C)(CCCC1CCNCC1)OC=O. The Kier molecular flexibility index (Phi) is 6.56. The summed E-state index contributed by atoms with van der Waals surface area (Å²) in [6, 6.07) is 0. The third-order valence-corrected chi connectivity index (χ3v) is 3.89. The number of carbonyl (C=O) groups excluding carboxylic acids is 1. The summed E-state index contributed by atoms with van der Waals surface area (Å²) in [6.45, 7) is 7.15. The molecule has 1 saturated heterocycles. The number of rotatable bonds is 8. The van der Waals surface area contributed by atoms with Gasteiger partial charge >= 0.3 is 0 Å². The van der Waals surface area contributed by atoms with Crippen molar-refractivity contribution in [1.82, 2.24) is 5.32 Å². The molecule has 100 valence electrons. The van der Waals surface area contributed by atoms with Crippen LogP contribution in [0.4, 0.5) is 0 Å². The second-order valence-electron chi connectivity index (χ2n) is 5.50. The minimum absolute atomic E-state index is 0.233. The van der Waals surface area contributed by atoms with Crippen LogP contribution in [0.3, 0.4) is 0 Å². The number of piperidine rings is 1. The van der Waals surface area contributed by atoms with Crippen LogP contribution in [0.5, 0.6) is 0 Å². The van der Waals surface area contributed by atoms with E-state index >= 15 is 0 Å². The molecule has 1 aliphatic heterocycles. The molecule has 1 rings (SSSR count). The summed E-state index contributed by atoms with van der Waals surface area (Å²) < 4.78 is 5.27. The summed E-state index contributed by atoms with van der Waals surface area (Å²) in [5, 5.41) is 3.39. The summed E-state index contributed by atoms with van der Waals surface area (Å²) in [6.07, 6.45) is 8.11. The quantitative estimate of drug-likeness (QED) is 0.664. The van der Waals surface area contributed by atoms with Crippen molar-refractivity contribution >= 4 is 6.47 Å². The minimum Gasteiger partial charge on any atom is -0.462 e. The van der Waals surface area contributed by atoms with Crippen molar-refractivity contribution in [1.29, 1.82) is 0 Å². The summed E-state index contributed by atoms with van der Waals surface area (Å²) >= 11 is 0. The molecule has 0 aromatic carbocycles. The predicted octanol–water partition coefficient (Wildman–Crippen LogP) is 2.89. The van der Waals surface area contributed by atoms with Crippen LogP contribution < -0.4 is 5.32 Å². The Morgan fingerprint density at radius 2 is 2.06 bits per heavy atom. The summed E-state index contributed by atoms with van der Waals surface area (Å²) in [7, 11) is 0. The molecule has 1 fully saturated rings. The maximum absolute atomic E-state index is 10.5. The van der Waals surface area contributed by atoms with Crippen molar-refractivity contribution < 1.29 is 9.53 Å². The molecular formula is C14H27NO2.